The molecule has 1 heterocycles. The molecule has 13 heavy (non-hydrogen) atoms. The Hall–Kier alpha value is -0.610. The first kappa shape index (κ1) is 8.97. The van der Waals surface area contributed by atoms with E-state index in [4.69, 9.17) is 11.5 Å². The van der Waals surface area contributed by atoms with Gasteiger partial charge in [0.25, 0.3) is 0 Å². The van der Waals surface area contributed by atoms with Crippen LogP contribution in [-0.2, 0) is 6.42 Å². The largest absolute Gasteiger partial charge is 0.375 e. The zero-order valence-electron chi connectivity index (χ0n) is 8.00. The van der Waals surface area contributed by atoms with E-state index < -0.39 is 0 Å². The van der Waals surface area contributed by atoms with Crippen molar-refractivity contribution in [2.45, 2.75) is 32.7 Å². The molecule has 1 aliphatic carbocycles. The van der Waals surface area contributed by atoms with Crippen molar-refractivity contribution in [1.82, 2.24) is 4.98 Å². The highest BCUT2D eigenvalue weighted by Crippen LogP contribution is 2.42. The fourth-order valence-electron chi connectivity index (χ4n) is 2.01. The van der Waals surface area contributed by atoms with Crippen molar-refractivity contribution < 1.29 is 0 Å². The monoisotopic (exact) mass is 197 g/mol. The summed E-state index contributed by atoms with van der Waals surface area (Å²) in [6, 6.07) is 0.133. The number of rotatable bonds is 0. The topological polar surface area (TPSA) is 64.9 Å². The molecule has 3 nitrogen and oxygen atoms in total. The fourth-order valence-corrected chi connectivity index (χ4v) is 2.86. The van der Waals surface area contributed by atoms with Gasteiger partial charge in [0.2, 0.25) is 0 Å². The molecule has 0 amide bonds. The second-order valence-electron chi connectivity index (χ2n) is 4.51. The Morgan fingerprint density at radius 1 is 1.54 bits per heavy atom. The van der Waals surface area contributed by atoms with Crippen LogP contribution in [0.3, 0.4) is 0 Å². The maximum absolute atomic E-state index is 6.05. The Morgan fingerprint density at radius 2 is 2.23 bits per heavy atom. The highest BCUT2D eigenvalue weighted by Gasteiger charge is 2.32. The Bertz CT molecular complexity index is 330. The molecule has 0 bridgehead atoms. The highest BCUT2D eigenvalue weighted by atomic mass is 32.1. The molecule has 4 N–H and O–H groups in total. The van der Waals surface area contributed by atoms with Gasteiger partial charge < -0.3 is 11.5 Å². The van der Waals surface area contributed by atoms with Crippen molar-refractivity contribution in [3.63, 3.8) is 0 Å². The van der Waals surface area contributed by atoms with Crippen LogP contribution in [0.2, 0.25) is 0 Å². The predicted octanol–water partition coefficient (Wildman–Crippen LogP) is 1.70. The number of nitrogens with two attached hydrogens (primary N) is 2. The van der Waals surface area contributed by atoms with E-state index in [0.717, 1.165) is 18.5 Å². The maximum atomic E-state index is 6.05. The molecule has 1 aliphatic rings. The normalized spacial score (nSPS) is 25.6. The van der Waals surface area contributed by atoms with Crippen molar-refractivity contribution in [1.29, 1.82) is 0 Å². The van der Waals surface area contributed by atoms with Crippen molar-refractivity contribution in [2.75, 3.05) is 5.73 Å². The number of nitrogens with zero attached hydrogens (tertiary/aromatic N) is 1. The Kier molecular flexibility index (Phi) is 1.85. The molecule has 0 saturated heterocycles. The van der Waals surface area contributed by atoms with Gasteiger partial charge in [-0.05, 0) is 18.3 Å². The molecular formula is C9H15N3S. The molecule has 0 radical (unpaired) electrons. The summed E-state index contributed by atoms with van der Waals surface area (Å²) >= 11 is 1.54. The molecule has 1 unspecified atom stereocenters. The molecule has 2 rings (SSSR count). The summed E-state index contributed by atoms with van der Waals surface area (Å²) in [6.45, 7) is 4.46. The minimum absolute atomic E-state index is 0.133. The number of thiazole rings is 1. The van der Waals surface area contributed by atoms with Gasteiger partial charge in [-0.15, -0.1) is 11.3 Å². The van der Waals surface area contributed by atoms with Crippen LogP contribution in [0.1, 0.15) is 36.9 Å². The molecular weight excluding hydrogens is 182 g/mol. The minimum atomic E-state index is 0.133. The summed E-state index contributed by atoms with van der Waals surface area (Å²) in [5, 5.41) is 0.651. The van der Waals surface area contributed by atoms with E-state index >= 15 is 0 Å². The molecule has 4 heteroatoms. The van der Waals surface area contributed by atoms with Crippen molar-refractivity contribution >= 4 is 16.5 Å². The van der Waals surface area contributed by atoms with Crippen LogP contribution in [0.15, 0.2) is 0 Å². The quantitative estimate of drug-likeness (QED) is 0.665. The molecule has 0 aromatic carbocycles. The number of nitrogen functional groups attached to an aromatic ring is 1. The Balaban J connectivity index is 2.42. The first-order chi connectivity index (χ1) is 5.98. The summed E-state index contributed by atoms with van der Waals surface area (Å²) in [7, 11) is 0. The van der Waals surface area contributed by atoms with Gasteiger partial charge in [0.05, 0.1) is 5.69 Å². The van der Waals surface area contributed by atoms with E-state index in [1.165, 1.54) is 4.88 Å². The van der Waals surface area contributed by atoms with Gasteiger partial charge in [-0.3, -0.25) is 0 Å². The van der Waals surface area contributed by atoms with Crippen LogP contribution in [0.4, 0.5) is 5.13 Å². The van der Waals surface area contributed by atoms with Crippen LogP contribution in [0, 0.1) is 5.41 Å². The molecule has 1 aromatic rings. The summed E-state index contributed by atoms with van der Waals surface area (Å²) in [5.41, 5.74) is 13.1. The van der Waals surface area contributed by atoms with Gasteiger partial charge in [-0.2, -0.15) is 0 Å². The highest BCUT2D eigenvalue weighted by molar-refractivity contribution is 7.15. The Morgan fingerprint density at radius 3 is 2.92 bits per heavy atom. The van der Waals surface area contributed by atoms with Crippen LogP contribution in [0.25, 0.3) is 0 Å². The van der Waals surface area contributed by atoms with Gasteiger partial charge in [0, 0.05) is 10.9 Å². The summed E-state index contributed by atoms with van der Waals surface area (Å²) in [6.07, 6.45) is 2.03. The second-order valence-corrected chi connectivity index (χ2v) is 5.58. The van der Waals surface area contributed by atoms with Gasteiger partial charge >= 0.3 is 0 Å². The molecule has 0 spiro atoms. The average molecular weight is 197 g/mol. The predicted molar refractivity (Wildman–Crippen MR) is 55.6 cm³/mol. The molecule has 72 valence electrons. The lowest BCUT2D eigenvalue weighted by Crippen LogP contribution is -2.28. The summed E-state index contributed by atoms with van der Waals surface area (Å²) in [5.74, 6) is 0. The number of hydrogen-bond donors (Lipinski definition) is 2. The second kappa shape index (κ2) is 2.69. The smallest absolute Gasteiger partial charge is 0.180 e. The Labute approximate surface area is 82.2 Å². The van der Waals surface area contributed by atoms with E-state index in [2.05, 4.69) is 18.8 Å². The van der Waals surface area contributed by atoms with Crippen molar-refractivity contribution in [3.05, 3.63) is 10.6 Å². The zero-order valence-corrected chi connectivity index (χ0v) is 8.82. The van der Waals surface area contributed by atoms with Crippen molar-refractivity contribution in [2.24, 2.45) is 11.1 Å². The number of anilines is 1. The molecule has 0 saturated carbocycles. The first-order valence-electron chi connectivity index (χ1n) is 4.49. The number of aromatic nitrogens is 1. The van der Waals surface area contributed by atoms with Gasteiger partial charge in [0.1, 0.15) is 0 Å². The van der Waals surface area contributed by atoms with E-state index in [0.29, 0.717) is 5.13 Å². The van der Waals surface area contributed by atoms with Gasteiger partial charge in [-0.1, -0.05) is 13.8 Å². The van der Waals surface area contributed by atoms with Gasteiger partial charge in [-0.25, -0.2) is 4.98 Å². The van der Waals surface area contributed by atoms with Gasteiger partial charge in [0.15, 0.2) is 5.13 Å². The third-order valence-electron chi connectivity index (χ3n) is 2.50. The lowest BCUT2D eigenvalue weighted by atomic mass is 9.77. The lowest BCUT2D eigenvalue weighted by molar-refractivity contribution is 0.282. The molecule has 1 atom stereocenters. The summed E-state index contributed by atoms with van der Waals surface area (Å²) < 4.78 is 0. The number of fused-ring (bicyclic) bond motifs is 1. The zero-order chi connectivity index (χ0) is 9.64. The standard InChI is InChI=1S/C9H15N3S/c1-9(2)3-5(10)7-6(4-9)12-8(11)13-7/h5H,3-4,10H2,1-2H3,(H2,11,12). The summed E-state index contributed by atoms with van der Waals surface area (Å²) in [4.78, 5) is 5.51. The first-order valence-corrected chi connectivity index (χ1v) is 5.30. The van der Waals surface area contributed by atoms with Crippen molar-refractivity contribution in [3.8, 4) is 0 Å². The van der Waals surface area contributed by atoms with E-state index in [1.54, 1.807) is 11.3 Å². The van der Waals surface area contributed by atoms with Crippen LogP contribution >= 0.6 is 11.3 Å². The molecule has 0 fully saturated rings. The van der Waals surface area contributed by atoms with Crippen LogP contribution in [0.5, 0.6) is 0 Å². The molecule has 0 aliphatic heterocycles. The van der Waals surface area contributed by atoms with E-state index in [-0.39, 0.29) is 11.5 Å². The lowest BCUT2D eigenvalue weighted by Gasteiger charge is -2.32. The number of hydrogen-bond acceptors (Lipinski definition) is 4. The third kappa shape index (κ3) is 1.56. The maximum Gasteiger partial charge on any atom is 0.180 e. The third-order valence-corrected chi connectivity index (χ3v) is 3.56. The SMILES string of the molecule is CC1(C)Cc2nc(N)sc2C(N)C1. The van der Waals surface area contributed by atoms with E-state index in [9.17, 15) is 0 Å². The molecule has 1 aromatic heterocycles. The van der Waals surface area contributed by atoms with E-state index in [1.807, 2.05) is 0 Å². The van der Waals surface area contributed by atoms with Crippen LogP contribution in [-0.4, -0.2) is 4.98 Å². The van der Waals surface area contributed by atoms with Crippen LogP contribution < -0.4 is 11.5 Å². The minimum Gasteiger partial charge on any atom is -0.375 e. The average Bonchev–Trinajstić information content (AvgIpc) is 2.27. The fraction of sp³-hybridized carbons (Fsp3) is 0.667.